The first kappa shape index (κ1) is 20.4. The third-order valence-electron chi connectivity index (χ3n) is 4.69. The summed E-state index contributed by atoms with van der Waals surface area (Å²) in [5, 5.41) is 0.756. The minimum absolute atomic E-state index is 0.0888. The van der Waals surface area contributed by atoms with Crippen LogP contribution in [0.1, 0.15) is 42.9 Å². The zero-order valence-electron chi connectivity index (χ0n) is 16.1. The molecule has 2 aromatic carbocycles. The van der Waals surface area contributed by atoms with E-state index in [1.165, 1.54) is 17.5 Å². The van der Waals surface area contributed by atoms with Gasteiger partial charge in [0.05, 0.1) is 19.0 Å². The van der Waals surface area contributed by atoms with E-state index in [9.17, 15) is 0 Å². The molecule has 0 aliphatic heterocycles. The number of ether oxygens (including phenoxy) is 1. The summed E-state index contributed by atoms with van der Waals surface area (Å²) in [6, 6.07) is 18.3. The average molecular weight is 395 g/mol. The maximum atomic E-state index is 6.20. The first-order chi connectivity index (χ1) is 13.8. The summed E-state index contributed by atoms with van der Waals surface area (Å²) < 4.78 is 8.32. The molecule has 1 heterocycles. The number of rotatable bonds is 11. The number of hydrogen-bond acceptors (Lipinski definition) is 2. The van der Waals surface area contributed by atoms with Crippen molar-refractivity contribution in [2.24, 2.45) is 0 Å². The van der Waals surface area contributed by atoms with Crippen LogP contribution in [-0.4, -0.2) is 16.2 Å². The molecule has 0 radical (unpaired) electrons. The van der Waals surface area contributed by atoms with Gasteiger partial charge < -0.3 is 9.30 Å². The molecule has 1 unspecified atom stereocenters. The van der Waals surface area contributed by atoms with Gasteiger partial charge in [-0.25, -0.2) is 4.98 Å². The lowest BCUT2D eigenvalue weighted by molar-refractivity contribution is 0.0655. The Balaban J connectivity index is 1.48. The number of unbranched alkanes of at least 4 members (excludes halogenated alkanes) is 2. The second-order valence-electron chi connectivity index (χ2n) is 6.84. The Morgan fingerprint density at radius 3 is 2.57 bits per heavy atom. The molecule has 1 aromatic heterocycles. The van der Waals surface area contributed by atoms with Crippen molar-refractivity contribution in [2.45, 2.75) is 38.3 Å². The Hall–Kier alpha value is -2.36. The zero-order chi connectivity index (χ0) is 19.4. The standard InChI is InChI=1S/C24H27ClN2O/c25-23-14-12-22(13-15-23)24(11-5-2-6-17-27-18-16-26-20-27)28-19-7-10-21-8-3-1-4-9-21/h1,3-4,7-10,12-16,18,20,24H,2,5-6,11,17,19H2/b10-7+. The Bertz CT molecular complexity index is 814. The lowest BCUT2D eigenvalue weighted by Gasteiger charge is -2.18. The molecular weight excluding hydrogens is 368 g/mol. The van der Waals surface area contributed by atoms with Crippen LogP contribution in [-0.2, 0) is 11.3 Å². The Kier molecular flexibility index (Phi) is 8.35. The molecule has 0 amide bonds. The van der Waals surface area contributed by atoms with E-state index < -0.39 is 0 Å². The topological polar surface area (TPSA) is 27.1 Å². The molecule has 0 saturated heterocycles. The molecule has 146 valence electrons. The van der Waals surface area contributed by atoms with Crippen molar-refractivity contribution < 1.29 is 4.74 Å². The summed E-state index contributed by atoms with van der Waals surface area (Å²) in [6.45, 7) is 1.61. The molecule has 0 N–H and O–H groups in total. The van der Waals surface area contributed by atoms with E-state index >= 15 is 0 Å². The number of benzene rings is 2. The van der Waals surface area contributed by atoms with Gasteiger partial charge in [0.15, 0.2) is 0 Å². The van der Waals surface area contributed by atoms with Crippen LogP contribution in [0.25, 0.3) is 6.08 Å². The van der Waals surface area contributed by atoms with Crippen molar-refractivity contribution in [1.29, 1.82) is 0 Å². The fraction of sp³-hybridized carbons (Fsp3) is 0.292. The minimum atomic E-state index is 0.0888. The first-order valence-electron chi connectivity index (χ1n) is 9.85. The molecule has 0 bridgehead atoms. The summed E-state index contributed by atoms with van der Waals surface area (Å²) in [7, 11) is 0. The molecule has 3 nitrogen and oxygen atoms in total. The summed E-state index contributed by atoms with van der Waals surface area (Å²) in [5.74, 6) is 0. The number of halogens is 1. The van der Waals surface area contributed by atoms with Crippen LogP contribution in [0.15, 0.2) is 79.4 Å². The summed E-state index contributed by atoms with van der Waals surface area (Å²) in [4.78, 5) is 4.09. The van der Waals surface area contributed by atoms with E-state index in [0.29, 0.717) is 6.61 Å². The largest absolute Gasteiger partial charge is 0.369 e. The van der Waals surface area contributed by atoms with E-state index in [2.05, 4.69) is 46.0 Å². The minimum Gasteiger partial charge on any atom is -0.369 e. The van der Waals surface area contributed by atoms with E-state index in [-0.39, 0.29) is 6.10 Å². The highest BCUT2D eigenvalue weighted by Gasteiger charge is 2.11. The van der Waals surface area contributed by atoms with Gasteiger partial charge in [-0.3, -0.25) is 0 Å². The molecule has 3 rings (SSSR count). The van der Waals surface area contributed by atoms with Gasteiger partial charge in [0.1, 0.15) is 0 Å². The van der Waals surface area contributed by atoms with Crippen LogP contribution in [0, 0.1) is 0 Å². The number of imidazole rings is 1. The van der Waals surface area contributed by atoms with Gasteiger partial charge in [-0.05, 0) is 36.1 Å². The predicted octanol–water partition coefficient (Wildman–Crippen LogP) is 6.57. The molecule has 4 heteroatoms. The molecule has 0 fully saturated rings. The molecule has 0 aliphatic rings. The van der Waals surface area contributed by atoms with Gasteiger partial charge in [0, 0.05) is 24.0 Å². The van der Waals surface area contributed by atoms with Crippen molar-refractivity contribution in [1.82, 2.24) is 9.55 Å². The SMILES string of the molecule is Clc1ccc(C(CCCCCn2ccnc2)OC/C=C/c2ccccc2)cc1. The van der Waals surface area contributed by atoms with Gasteiger partial charge >= 0.3 is 0 Å². The maximum Gasteiger partial charge on any atom is 0.0945 e. The molecular formula is C24H27ClN2O. The predicted molar refractivity (Wildman–Crippen MR) is 116 cm³/mol. The summed E-state index contributed by atoms with van der Waals surface area (Å²) in [5.41, 5.74) is 2.38. The van der Waals surface area contributed by atoms with Crippen LogP contribution >= 0.6 is 11.6 Å². The van der Waals surface area contributed by atoms with Crippen LogP contribution < -0.4 is 0 Å². The van der Waals surface area contributed by atoms with Crippen LogP contribution in [0.5, 0.6) is 0 Å². The second kappa shape index (κ2) is 11.5. The summed E-state index contributed by atoms with van der Waals surface area (Å²) in [6.07, 6.45) is 14.4. The van der Waals surface area contributed by atoms with E-state index in [0.717, 1.165) is 30.8 Å². The quantitative estimate of drug-likeness (QED) is 0.344. The number of nitrogens with zero attached hydrogens (tertiary/aromatic N) is 2. The van der Waals surface area contributed by atoms with Gasteiger partial charge in [-0.15, -0.1) is 0 Å². The number of aromatic nitrogens is 2. The Morgan fingerprint density at radius 2 is 1.82 bits per heavy atom. The average Bonchev–Trinajstić information content (AvgIpc) is 3.24. The normalized spacial score (nSPS) is 12.5. The number of aryl methyl sites for hydroxylation is 1. The van der Waals surface area contributed by atoms with Crippen LogP contribution in [0.2, 0.25) is 5.02 Å². The fourth-order valence-electron chi connectivity index (χ4n) is 3.16. The van der Waals surface area contributed by atoms with Crippen LogP contribution in [0.3, 0.4) is 0 Å². The van der Waals surface area contributed by atoms with Gasteiger partial charge in [0.25, 0.3) is 0 Å². The smallest absolute Gasteiger partial charge is 0.0945 e. The van der Waals surface area contributed by atoms with Gasteiger partial charge in [-0.2, -0.15) is 0 Å². The lowest BCUT2D eigenvalue weighted by Crippen LogP contribution is -2.05. The second-order valence-corrected chi connectivity index (χ2v) is 7.27. The first-order valence-corrected chi connectivity index (χ1v) is 10.2. The Labute approximate surface area is 172 Å². The molecule has 0 saturated carbocycles. The van der Waals surface area contributed by atoms with Crippen molar-refractivity contribution in [3.8, 4) is 0 Å². The van der Waals surface area contributed by atoms with E-state index in [1.807, 2.05) is 49.1 Å². The van der Waals surface area contributed by atoms with Crippen molar-refractivity contribution >= 4 is 17.7 Å². The zero-order valence-corrected chi connectivity index (χ0v) is 16.8. The molecule has 1 atom stereocenters. The van der Waals surface area contributed by atoms with E-state index in [1.54, 1.807) is 0 Å². The lowest BCUT2D eigenvalue weighted by atomic mass is 10.0. The molecule has 28 heavy (non-hydrogen) atoms. The highest BCUT2D eigenvalue weighted by molar-refractivity contribution is 6.30. The third-order valence-corrected chi connectivity index (χ3v) is 4.94. The highest BCUT2D eigenvalue weighted by Crippen LogP contribution is 2.25. The Morgan fingerprint density at radius 1 is 1.00 bits per heavy atom. The van der Waals surface area contributed by atoms with E-state index in [4.69, 9.17) is 16.3 Å². The van der Waals surface area contributed by atoms with Gasteiger partial charge in [0.2, 0.25) is 0 Å². The van der Waals surface area contributed by atoms with Gasteiger partial charge in [-0.1, -0.05) is 79.1 Å². The molecule has 3 aromatic rings. The molecule has 0 aliphatic carbocycles. The van der Waals surface area contributed by atoms with Crippen molar-refractivity contribution in [2.75, 3.05) is 6.61 Å². The van der Waals surface area contributed by atoms with Crippen molar-refractivity contribution in [3.63, 3.8) is 0 Å². The number of hydrogen-bond donors (Lipinski definition) is 0. The maximum absolute atomic E-state index is 6.20. The third kappa shape index (κ3) is 6.99. The summed E-state index contributed by atoms with van der Waals surface area (Å²) >= 11 is 6.05. The fourth-order valence-corrected chi connectivity index (χ4v) is 3.29. The molecule has 0 spiro atoms. The highest BCUT2D eigenvalue weighted by atomic mass is 35.5. The monoisotopic (exact) mass is 394 g/mol. The van der Waals surface area contributed by atoms with Crippen molar-refractivity contribution in [3.05, 3.63) is 95.5 Å². The van der Waals surface area contributed by atoms with Crippen LogP contribution in [0.4, 0.5) is 0 Å².